The molecule has 2 heterocycles. The smallest absolute Gasteiger partial charge is 0.347 e. The fourth-order valence-electron chi connectivity index (χ4n) is 3.48. The molecule has 9 nitrogen and oxygen atoms in total. The van der Waals surface area contributed by atoms with E-state index in [1.165, 1.54) is 30.5 Å². The van der Waals surface area contributed by atoms with Crippen LogP contribution < -0.4 is 15.7 Å². The highest BCUT2D eigenvalue weighted by Crippen LogP contribution is 2.21. The number of benzene rings is 3. The molecule has 174 valence electrons. The van der Waals surface area contributed by atoms with E-state index in [1.54, 1.807) is 60.8 Å². The van der Waals surface area contributed by atoms with E-state index in [1.807, 2.05) is 0 Å². The molecule has 0 fully saturated rings. The number of ketones is 1. The van der Waals surface area contributed by atoms with Crippen molar-refractivity contribution in [3.05, 3.63) is 107 Å². The van der Waals surface area contributed by atoms with Crippen molar-refractivity contribution in [1.29, 1.82) is 0 Å². The van der Waals surface area contributed by atoms with Gasteiger partial charge in [-0.2, -0.15) is 5.10 Å². The first-order valence-corrected chi connectivity index (χ1v) is 11.9. The number of hydrogen-bond acceptors (Lipinski definition) is 7. The van der Waals surface area contributed by atoms with Crippen molar-refractivity contribution in [2.24, 2.45) is 0 Å². The van der Waals surface area contributed by atoms with Crippen molar-refractivity contribution in [2.75, 3.05) is 10.0 Å². The highest BCUT2D eigenvalue weighted by atomic mass is 32.2. The lowest BCUT2D eigenvalue weighted by molar-refractivity contribution is 0.104. The first kappa shape index (κ1) is 22.1. The van der Waals surface area contributed by atoms with Crippen molar-refractivity contribution in [1.82, 2.24) is 10.2 Å². The van der Waals surface area contributed by atoms with Crippen LogP contribution in [0.2, 0.25) is 0 Å². The van der Waals surface area contributed by atoms with E-state index in [0.717, 1.165) is 5.39 Å². The number of aromatic amines is 1. The summed E-state index contributed by atoms with van der Waals surface area (Å²) in [5.41, 5.74) is 1.28. The minimum absolute atomic E-state index is 0.0709. The van der Waals surface area contributed by atoms with Gasteiger partial charge in [0.05, 0.1) is 22.3 Å². The average Bonchev–Trinajstić information content (AvgIpc) is 3.31. The molecule has 0 aliphatic carbocycles. The second kappa shape index (κ2) is 8.92. The monoisotopic (exact) mass is 486 g/mol. The van der Waals surface area contributed by atoms with E-state index < -0.39 is 21.4 Å². The van der Waals surface area contributed by atoms with Crippen LogP contribution in [0.1, 0.15) is 10.4 Å². The minimum atomic E-state index is -3.80. The Balaban J connectivity index is 1.26. The second-order valence-electron chi connectivity index (χ2n) is 7.63. The molecule has 0 bridgehead atoms. The fraction of sp³-hybridized carbons (Fsp3) is 0. The van der Waals surface area contributed by atoms with E-state index in [-0.39, 0.29) is 10.5 Å². The second-order valence-corrected chi connectivity index (χ2v) is 9.31. The summed E-state index contributed by atoms with van der Waals surface area (Å²) in [6.07, 6.45) is 4.23. The van der Waals surface area contributed by atoms with Crippen LogP contribution >= 0.6 is 0 Å². The van der Waals surface area contributed by atoms with Crippen molar-refractivity contribution >= 4 is 49.1 Å². The zero-order valence-electron chi connectivity index (χ0n) is 18.1. The summed E-state index contributed by atoms with van der Waals surface area (Å²) in [6.45, 7) is 0. The number of fused-ring (bicyclic) bond motifs is 2. The molecule has 35 heavy (non-hydrogen) atoms. The highest BCUT2D eigenvalue weighted by molar-refractivity contribution is 7.92. The Morgan fingerprint density at radius 2 is 1.71 bits per heavy atom. The fourth-order valence-corrected chi connectivity index (χ4v) is 4.53. The third kappa shape index (κ3) is 4.68. The van der Waals surface area contributed by atoms with Gasteiger partial charge in [0.1, 0.15) is 11.1 Å². The number of carbonyl (C=O) groups is 1. The van der Waals surface area contributed by atoms with Gasteiger partial charge in [0.25, 0.3) is 10.0 Å². The van der Waals surface area contributed by atoms with Gasteiger partial charge in [-0.15, -0.1) is 0 Å². The number of H-pyrrole nitrogens is 1. The van der Waals surface area contributed by atoms with Gasteiger partial charge in [-0.25, -0.2) is 13.2 Å². The maximum atomic E-state index is 12.7. The molecule has 3 N–H and O–H groups in total. The van der Waals surface area contributed by atoms with Crippen LogP contribution in [-0.4, -0.2) is 24.4 Å². The molecule has 0 aliphatic rings. The predicted molar refractivity (Wildman–Crippen MR) is 133 cm³/mol. The molecule has 0 unspecified atom stereocenters. The summed E-state index contributed by atoms with van der Waals surface area (Å²) in [4.78, 5) is 24.6. The van der Waals surface area contributed by atoms with Gasteiger partial charge in [-0.05, 0) is 54.6 Å². The number of anilines is 2. The molecular formula is C25H18N4O5S. The number of sulfonamides is 1. The first-order valence-electron chi connectivity index (χ1n) is 10.5. The van der Waals surface area contributed by atoms with Gasteiger partial charge < -0.3 is 9.73 Å². The van der Waals surface area contributed by atoms with Gasteiger partial charge in [-0.1, -0.05) is 18.2 Å². The summed E-state index contributed by atoms with van der Waals surface area (Å²) < 4.78 is 33.2. The molecule has 0 saturated carbocycles. The number of nitrogens with zero attached hydrogens (tertiary/aromatic N) is 1. The number of hydrogen-bond donors (Lipinski definition) is 3. The largest absolute Gasteiger partial charge is 0.422 e. The molecule has 5 rings (SSSR count). The average molecular weight is 487 g/mol. The highest BCUT2D eigenvalue weighted by Gasteiger charge is 2.15. The van der Waals surface area contributed by atoms with Crippen LogP contribution in [0, 0.1) is 0 Å². The molecule has 0 aliphatic heterocycles. The Labute approximate surface area is 199 Å². The zero-order valence-corrected chi connectivity index (χ0v) is 18.9. The third-order valence-corrected chi connectivity index (χ3v) is 6.65. The van der Waals surface area contributed by atoms with Crippen molar-refractivity contribution in [2.45, 2.75) is 4.90 Å². The summed E-state index contributed by atoms with van der Waals surface area (Å²) in [5, 5.41) is 11.1. The molecular weight excluding hydrogens is 468 g/mol. The summed E-state index contributed by atoms with van der Waals surface area (Å²) in [5.74, 6) is -0.519. The third-order valence-electron chi connectivity index (χ3n) is 5.25. The number of aromatic nitrogens is 2. The topological polar surface area (TPSA) is 134 Å². The minimum Gasteiger partial charge on any atom is -0.422 e. The maximum absolute atomic E-state index is 12.7. The number of rotatable bonds is 7. The van der Waals surface area contributed by atoms with E-state index in [9.17, 15) is 18.0 Å². The number of carbonyl (C=O) groups excluding carboxylic acids is 1. The summed E-state index contributed by atoms with van der Waals surface area (Å²) >= 11 is 0. The first-order chi connectivity index (χ1) is 16.9. The molecule has 10 heteroatoms. The van der Waals surface area contributed by atoms with Crippen LogP contribution in [0.3, 0.4) is 0 Å². The lowest BCUT2D eigenvalue weighted by Gasteiger charge is -2.09. The van der Waals surface area contributed by atoms with E-state index in [0.29, 0.717) is 27.9 Å². The van der Waals surface area contributed by atoms with Gasteiger partial charge in [0.2, 0.25) is 0 Å². The Bertz CT molecular complexity index is 1750. The summed E-state index contributed by atoms with van der Waals surface area (Å²) in [6, 6.07) is 19.5. The lowest BCUT2D eigenvalue weighted by Crippen LogP contribution is -2.13. The van der Waals surface area contributed by atoms with Crippen molar-refractivity contribution in [3.63, 3.8) is 0 Å². The Morgan fingerprint density at radius 1 is 0.943 bits per heavy atom. The predicted octanol–water partition coefficient (Wildman–Crippen LogP) is 4.28. The van der Waals surface area contributed by atoms with Crippen LogP contribution in [0.4, 0.5) is 11.4 Å². The standard InChI is InChI=1S/C25H18N4O5S/c30-23(21-13-16-3-1-2-4-24(16)34-25(21)31)11-12-26-18-7-9-20(10-8-18)35(32,33)29-19-6-5-17-15-27-28-22(17)14-19/h1-15,26,29H,(H,27,28)/b12-11-. The number of nitrogens with one attached hydrogen (secondary N) is 3. The lowest BCUT2D eigenvalue weighted by atomic mass is 10.1. The molecule has 5 aromatic rings. The molecule has 3 aromatic carbocycles. The summed E-state index contributed by atoms with van der Waals surface area (Å²) in [7, 11) is -3.80. The molecule has 0 saturated heterocycles. The quantitative estimate of drug-likeness (QED) is 0.178. The molecule has 2 aromatic heterocycles. The Morgan fingerprint density at radius 3 is 2.54 bits per heavy atom. The van der Waals surface area contributed by atoms with Crippen LogP contribution in [0.25, 0.3) is 21.9 Å². The maximum Gasteiger partial charge on any atom is 0.347 e. The SMILES string of the molecule is O=C(/C=C\Nc1ccc(S(=O)(=O)Nc2ccc3cn[nH]c3c2)cc1)c1cc2ccccc2oc1=O. The number of allylic oxidation sites excluding steroid dienone is 1. The van der Waals surface area contributed by atoms with Gasteiger partial charge in [0.15, 0.2) is 5.78 Å². The molecule has 0 radical (unpaired) electrons. The molecule has 0 atom stereocenters. The van der Waals surface area contributed by atoms with Crippen LogP contribution in [-0.2, 0) is 10.0 Å². The van der Waals surface area contributed by atoms with Gasteiger partial charge >= 0.3 is 5.63 Å². The van der Waals surface area contributed by atoms with E-state index >= 15 is 0 Å². The molecule has 0 amide bonds. The van der Waals surface area contributed by atoms with Gasteiger partial charge in [-0.3, -0.25) is 14.6 Å². The zero-order chi connectivity index (χ0) is 24.4. The van der Waals surface area contributed by atoms with Crippen LogP contribution in [0.15, 0.2) is 105 Å². The van der Waals surface area contributed by atoms with Gasteiger partial charge in [0, 0.05) is 28.7 Å². The van der Waals surface area contributed by atoms with Crippen molar-refractivity contribution in [3.8, 4) is 0 Å². The molecule has 0 spiro atoms. The normalized spacial score (nSPS) is 11.8. The number of para-hydroxylation sites is 1. The van der Waals surface area contributed by atoms with Crippen molar-refractivity contribution < 1.29 is 17.6 Å². The Kier molecular flexibility index (Phi) is 5.63. The Hall–Kier alpha value is -4.70. The van der Waals surface area contributed by atoms with E-state index in [4.69, 9.17) is 4.42 Å². The van der Waals surface area contributed by atoms with E-state index in [2.05, 4.69) is 20.2 Å². The van der Waals surface area contributed by atoms with Crippen LogP contribution in [0.5, 0.6) is 0 Å².